The number of rotatable bonds is 6. The highest BCUT2D eigenvalue weighted by Crippen LogP contribution is 2.43. The molecule has 0 saturated heterocycles. The Morgan fingerprint density at radius 3 is 1.62 bits per heavy atom. The van der Waals surface area contributed by atoms with Crippen LogP contribution in [0.15, 0.2) is 209 Å². The Hall–Kier alpha value is -7.36. The van der Waals surface area contributed by atoms with Gasteiger partial charge in [0.1, 0.15) is 22.3 Å². The fraction of sp³-hybridized carbons (Fsp3) is 0. The van der Waals surface area contributed by atoms with E-state index in [1.807, 2.05) is 18.2 Å². The summed E-state index contributed by atoms with van der Waals surface area (Å²) in [5.41, 5.74) is 13.7. The molecule has 0 amide bonds. The molecule has 11 aromatic rings. The van der Waals surface area contributed by atoms with Gasteiger partial charge in [0, 0.05) is 50.1 Å². The van der Waals surface area contributed by atoms with Crippen LogP contribution in [0.1, 0.15) is 0 Å². The Kier molecular flexibility index (Phi) is 7.17. The summed E-state index contributed by atoms with van der Waals surface area (Å²) in [4.78, 5) is 2.31. The minimum Gasteiger partial charge on any atom is -0.456 e. The van der Waals surface area contributed by atoms with Crippen molar-refractivity contribution < 1.29 is 8.83 Å². The molecule has 0 radical (unpaired) electrons. The van der Waals surface area contributed by atoms with Crippen LogP contribution in [0.25, 0.3) is 88.0 Å². The van der Waals surface area contributed by atoms with Gasteiger partial charge in [-0.2, -0.15) is 0 Å². The van der Waals surface area contributed by atoms with Crippen LogP contribution in [0.3, 0.4) is 0 Å². The summed E-state index contributed by atoms with van der Waals surface area (Å²) >= 11 is 0. The molecule has 0 aliphatic rings. The average Bonchev–Trinajstić information content (AvgIpc) is 3.82. The van der Waals surface area contributed by atoms with E-state index in [1.165, 1.54) is 33.0 Å². The Balaban J connectivity index is 1.03. The number of para-hydroxylation sites is 1. The first kappa shape index (κ1) is 31.2. The standard InChI is InChI=1S/C52H33NO2/c1-3-10-34(11-4-1)36-18-24-40(25-19-36)53(42-28-30-45-44-15-7-8-17-47(44)54-50(45)33-42)41-26-20-37(21-27-41)43-16-9-14-38-23-31-48-52(51(38)43)46-29-22-39(32-49(46)55-48)35-12-5-2-6-13-35/h1-33H. The molecule has 11 rings (SSSR count). The first-order valence-electron chi connectivity index (χ1n) is 18.7. The lowest BCUT2D eigenvalue weighted by Crippen LogP contribution is -2.09. The average molecular weight is 704 g/mol. The lowest BCUT2D eigenvalue weighted by Gasteiger charge is -2.26. The zero-order valence-electron chi connectivity index (χ0n) is 29.8. The normalized spacial score (nSPS) is 11.6. The summed E-state index contributed by atoms with van der Waals surface area (Å²) in [6.45, 7) is 0. The quantitative estimate of drug-likeness (QED) is 0.173. The molecule has 0 spiro atoms. The van der Waals surface area contributed by atoms with Gasteiger partial charge < -0.3 is 13.7 Å². The number of anilines is 3. The molecule has 2 aromatic heterocycles. The zero-order chi connectivity index (χ0) is 36.3. The number of benzene rings is 9. The number of nitrogens with zero attached hydrogens (tertiary/aromatic N) is 1. The van der Waals surface area contributed by atoms with Crippen LogP contribution in [0.2, 0.25) is 0 Å². The predicted octanol–water partition coefficient (Wildman–Crippen LogP) is 15.1. The molecule has 3 heteroatoms. The van der Waals surface area contributed by atoms with Crippen molar-refractivity contribution in [3.05, 3.63) is 200 Å². The van der Waals surface area contributed by atoms with Crippen LogP contribution in [0, 0.1) is 0 Å². The lowest BCUT2D eigenvalue weighted by molar-refractivity contribution is 0.668. The molecule has 9 aromatic carbocycles. The fourth-order valence-electron chi connectivity index (χ4n) is 8.22. The van der Waals surface area contributed by atoms with Gasteiger partial charge in [0.05, 0.1) is 0 Å². The summed E-state index contributed by atoms with van der Waals surface area (Å²) in [6.07, 6.45) is 0. The Labute approximate surface area is 317 Å². The van der Waals surface area contributed by atoms with Gasteiger partial charge in [-0.05, 0) is 99.4 Å². The lowest BCUT2D eigenvalue weighted by atomic mass is 9.94. The largest absolute Gasteiger partial charge is 0.456 e. The van der Waals surface area contributed by atoms with Gasteiger partial charge in [-0.3, -0.25) is 0 Å². The van der Waals surface area contributed by atoms with E-state index < -0.39 is 0 Å². The van der Waals surface area contributed by atoms with E-state index in [4.69, 9.17) is 8.83 Å². The van der Waals surface area contributed by atoms with Crippen molar-refractivity contribution >= 4 is 71.7 Å². The highest BCUT2D eigenvalue weighted by molar-refractivity contribution is 6.23. The van der Waals surface area contributed by atoms with E-state index in [2.05, 4.69) is 187 Å². The highest BCUT2D eigenvalue weighted by Gasteiger charge is 2.18. The van der Waals surface area contributed by atoms with Gasteiger partial charge in [-0.1, -0.05) is 133 Å². The maximum atomic E-state index is 6.53. The SMILES string of the molecule is c1ccc(-c2ccc(N(c3ccc(-c4cccc5ccc6oc7cc(-c8ccccc8)ccc7c6c45)cc3)c3ccc4c(c3)oc3ccccc34)cc2)cc1. The molecule has 0 bridgehead atoms. The van der Waals surface area contributed by atoms with Gasteiger partial charge >= 0.3 is 0 Å². The molecular formula is C52H33NO2. The molecule has 3 nitrogen and oxygen atoms in total. The topological polar surface area (TPSA) is 29.5 Å². The van der Waals surface area contributed by atoms with Crippen molar-refractivity contribution in [1.29, 1.82) is 0 Å². The maximum absolute atomic E-state index is 6.53. The Morgan fingerprint density at radius 1 is 0.291 bits per heavy atom. The molecule has 2 heterocycles. The van der Waals surface area contributed by atoms with E-state index in [9.17, 15) is 0 Å². The van der Waals surface area contributed by atoms with Crippen molar-refractivity contribution in [2.75, 3.05) is 4.90 Å². The van der Waals surface area contributed by atoms with Gasteiger partial charge in [-0.15, -0.1) is 0 Å². The van der Waals surface area contributed by atoms with Crippen molar-refractivity contribution in [3.63, 3.8) is 0 Å². The van der Waals surface area contributed by atoms with E-state index in [-0.39, 0.29) is 0 Å². The van der Waals surface area contributed by atoms with Gasteiger partial charge in [0.2, 0.25) is 0 Å². The van der Waals surface area contributed by atoms with Crippen LogP contribution >= 0.6 is 0 Å². The summed E-state index contributed by atoms with van der Waals surface area (Å²) in [5.74, 6) is 0. The second kappa shape index (κ2) is 12.6. The second-order valence-corrected chi connectivity index (χ2v) is 14.1. The van der Waals surface area contributed by atoms with Gasteiger partial charge in [0.25, 0.3) is 0 Å². The first-order valence-corrected chi connectivity index (χ1v) is 18.7. The van der Waals surface area contributed by atoms with Crippen molar-refractivity contribution in [2.24, 2.45) is 0 Å². The van der Waals surface area contributed by atoms with Gasteiger partial charge in [-0.25, -0.2) is 0 Å². The third-order valence-corrected chi connectivity index (χ3v) is 10.9. The van der Waals surface area contributed by atoms with E-state index in [0.29, 0.717) is 0 Å². The molecular weight excluding hydrogens is 671 g/mol. The number of furan rings is 2. The van der Waals surface area contributed by atoms with Crippen molar-refractivity contribution in [1.82, 2.24) is 0 Å². The number of hydrogen-bond acceptors (Lipinski definition) is 3. The molecule has 258 valence electrons. The second-order valence-electron chi connectivity index (χ2n) is 14.1. The first-order chi connectivity index (χ1) is 27.2. The summed E-state index contributed by atoms with van der Waals surface area (Å²) < 4.78 is 12.9. The zero-order valence-corrected chi connectivity index (χ0v) is 29.8. The predicted molar refractivity (Wildman–Crippen MR) is 229 cm³/mol. The molecule has 55 heavy (non-hydrogen) atoms. The minimum absolute atomic E-state index is 0.865. The molecule has 0 unspecified atom stereocenters. The summed E-state index contributed by atoms with van der Waals surface area (Å²) in [6, 6.07) is 70.9. The van der Waals surface area contributed by atoms with Crippen LogP contribution in [-0.4, -0.2) is 0 Å². The molecule has 0 aliphatic heterocycles. The molecule has 0 saturated carbocycles. The third-order valence-electron chi connectivity index (χ3n) is 10.9. The monoisotopic (exact) mass is 703 g/mol. The van der Waals surface area contributed by atoms with Crippen LogP contribution in [0.4, 0.5) is 17.1 Å². The third kappa shape index (κ3) is 5.28. The van der Waals surface area contributed by atoms with Crippen molar-refractivity contribution in [3.8, 4) is 33.4 Å². The van der Waals surface area contributed by atoms with Crippen LogP contribution in [-0.2, 0) is 0 Å². The molecule has 0 fully saturated rings. The Bertz CT molecular complexity index is 3180. The maximum Gasteiger partial charge on any atom is 0.137 e. The van der Waals surface area contributed by atoms with Crippen LogP contribution < -0.4 is 4.90 Å². The van der Waals surface area contributed by atoms with E-state index >= 15 is 0 Å². The summed E-state index contributed by atoms with van der Waals surface area (Å²) in [5, 5.41) is 6.88. The molecule has 0 atom stereocenters. The highest BCUT2D eigenvalue weighted by atomic mass is 16.3. The summed E-state index contributed by atoms with van der Waals surface area (Å²) in [7, 11) is 0. The number of hydrogen-bond donors (Lipinski definition) is 0. The van der Waals surface area contributed by atoms with Crippen molar-refractivity contribution in [2.45, 2.75) is 0 Å². The molecule has 0 N–H and O–H groups in total. The van der Waals surface area contributed by atoms with E-state index in [0.717, 1.165) is 72.1 Å². The van der Waals surface area contributed by atoms with Crippen LogP contribution in [0.5, 0.6) is 0 Å². The van der Waals surface area contributed by atoms with E-state index in [1.54, 1.807) is 0 Å². The number of fused-ring (bicyclic) bond motifs is 8. The van der Waals surface area contributed by atoms with Gasteiger partial charge in [0.15, 0.2) is 0 Å². The fourth-order valence-corrected chi connectivity index (χ4v) is 8.22. The Morgan fingerprint density at radius 2 is 0.855 bits per heavy atom. The smallest absolute Gasteiger partial charge is 0.137 e. The minimum atomic E-state index is 0.865. The molecule has 0 aliphatic carbocycles.